The lowest BCUT2D eigenvalue weighted by atomic mass is 10.1. The molecule has 2 rings (SSSR count). The number of aryl methyl sites for hydroxylation is 1. The lowest BCUT2D eigenvalue weighted by Gasteiger charge is -2.12. The van der Waals surface area contributed by atoms with E-state index in [4.69, 9.17) is 21.7 Å². The van der Waals surface area contributed by atoms with Crippen molar-refractivity contribution >= 4 is 38.9 Å². The monoisotopic (exact) mass is 408 g/mol. The first-order valence-electron chi connectivity index (χ1n) is 7.55. The quantitative estimate of drug-likeness (QED) is 0.697. The molecule has 0 atom stereocenters. The Balaban J connectivity index is 1.85. The number of thiocarbonyl (C=S) groups is 1. The highest BCUT2D eigenvalue weighted by Gasteiger charge is 2.05. The predicted molar refractivity (Wildman–Crippen MR) is 106 cm³/mol. The Morgan fingerprint density at radius 2 is 1.83 bits per heavy atom. The molecule has 0 unspecified atom stereocenters. The molecule has 6 heteroatoms. The molecular formula is C18H21BrN2O2S. The van der Waals surface area contributed by atoms with Gasteiger partial charge >= 0.3 is 0 Å². The van der Waals surface area contributed by atoms with E-state index in [0.29, 0.717) is 5.11 Å². The molecule has 0 aromatic heterocycles. The van der Waals surface area contributed by atoms with Gasteiger partial charge in [0, 0.05) is 16.7 Å². The number of benzene rings is 2. The van der Waals surface area contributed by atoms with Crippen LogP contribution in [-0.4, -0.2) is 25.9 Å². The minimum atomic E-state index is 0.603. The first-order chi connectivity index (χ1) is 11.5. The van der Waals surface area contributed by atoms with Crippen molar-refractivity contribution in [2.24, 2.45) is 0 Å². The molecule has 0 saturated heterocycles. The van der Waals surface area contributed by atoms with Crippen LogP contribution in [0.1, 0.15) is 11.1 Å². The fourth-order valence-electron chi connectivity index (χ4n) is 2.20. The molecule has 0 radical (unpaired) electrons. The minimum Gasteiger partial charge on any atom is -0.493 e. The van der Waals surface area contributed by atoms with Crippen LogP contribution in [0.25, 0.3) is 0 Å². The van der Waals surface area contributed by atoms with E-state index in [1.54, 1.807) is 14.2 Å². The van der Waals surface area contributed by atoms with E-state index in [9.17, 15) is 0 Å². The summed E-state index contributed by atoms with van der Waals surface area (Å²) < 4.78 is 11.6. The first kappa shape index (κ1) is 18.5. The van der Waals surface area contributed by atoms with Gasteiger partial charge in [-0.25, -0.2) is 0 Å². The molecule has 2 aromatic carbocycles. The molecule has 0 spiro atoms. The van der Waals surface area contributed by atoms with Gasteiger partial charge in [-0.05, 0) is 61.0 Å². The van der Waals surface area contributed by atoms with Crippen molar-refractivity contribution in [2.45, 2.75) is 13.3 Å². The number of hydrogen-bond donors (Lipinski definition) is 2. The maximum absolute atomic E-state index is 5.33. The molecule has 0 fully saturated rings. The Morgan fingerprint density at radius 3 is 2.50 bits per heavy atom. The van der Waals surface area contributed by atoms with E-state index < -0.39 is 0 Å². The second-order valence-electron chi connectivity index (χ2n) is 5.28. The van der Waals surface area contributed by atoms with Crippen LogP contribution in [0.4, 0.5) is 5.69 Å². The first-order valence-corrected chi connectivity index (χ1v) is 8.75. The lowest BCUT2D eigenvalue weighted by molar-refractivity contribution is 0.354. The molecule has 24 heavy (non-hydrogen) atoms. The van der Waals surface area contributed by atoms with Gasteiger partial charge in [-0.1, -0.05) is 28.1 Å². The summed E-state index contributed by atoms with van der Waals surface area (Å²) in [6.07, 6.45) is 0.833. The molecule has 2 aromatic rings. The average molecular weight is 409 g/mol. The summed E-state index contributed by atoms with van der Waals surface area (Å²) >= 11 is 8.85. The molecule has 0 saturated carbocycles. The second kappa shape index (κ2) is 8.89. The van der Waals surface area contributed by atoms with Gasteiger partial charge in [0.15, 0.2) is 16.6 Å². The third kappa shape index (κ3) is 5.11. The Morgan fingerprint density at radius 1 is 1.08 bits per heavy atom. The molecule has 128 valence electrons. The number of methoxy groups -OCH3 is 2. The van der Waals surface area contributed by atoms with E-state index >= 15 is 0 Å². The van der Waals surface area contributed by atoms with E-state index in [-0.39, 0.29) is 0 Å². The van der Waals surface area contributed by atoms with Crippen LogP contribution in [0.5, 0.6) is 11.5 Å². The van der Waals surface area contributed by atoms with Crippen molar-refractivity contribution < 1.29 is 9.47 Å². The van der Waals surface area contributed by atoms with Crippen LogP contribution in [0.15, 0.2) is 40.9 Å². The van der Waals surface area contributed by atoms with Gasteiger partial charge in [0.2, 0.25) is 0 Å². The topological polar surface area (TPSA) is 42.5 Å². The number of ether oxygens (including phenoxy) is 2. The van der Waals surface area contributed by atoms with Crippen molar-refractivity contribution in [1.82, 2.24) is 5.32 Å². The summed E-state index contributed by atoms with van der Waals surface area (Å²) in [7, 11) is 3.27. The molecule has 2 N–H and O–H groups in total. The molecule has 0 bridgehead atoms. The summed E-state index contributed by atoms with van der Waals surface area (Å²) in [4.78, 5) is 0. The molecule has 0 aliphatic rings. The van der Waals surface area contributed by atoms with Crippen molar-refractivity contribution in [2.75, 3.05) is 26.1 Å². The number of rotatable bonds is 6. The molecule has 0 amide bonds. The van der Waals surface area contributed by atoms with Gasteiger partial charge in [0.25, 0.3) is 0 Å². The molecule has 0 aliphatic carbocycles. The van der Waals surface area contributed by atoms with Gasteiger partial charge in [0.1, 0.15) is 0 Å². The third-order valence-electron chi connectivity index (χ3n) is 3.58. The number of halogens is 1. The predicted octanol–water partition coefficient (Wildman–Crippen LogP) is 4.30. The highest BCUT2D eigenvalue weighted by atomic mass is 79.9. The molecular weight excluding hydrogens is 388 g/mol. The van der Waals surface area contributed by atoms with E-state index in [0.717, 1.165) is 40.2 Å². The van der Waals surface area contributed by atoms with Crippen molar-refractivity contribution in [3.8, 4) is 11.5 Å². The van der Waals surface area contributed by atoms with Gasteiger partial charge in [0.05, 0.1) is 14.2 Å². The van der Waals surface area contributed by atoms with Crippen molar-refractivity contribution in [3.63, 3.8) is 0 Å². The largest absolute Gasteiger partial charge is 0.493 e. The maximum atomic E-state index is 5.33. The Bertz CT molecular complexity index is 722. The normalized spacial score (nSPS) is 10.2. The van der Waals surface area contributed by atoms with Crippen LogP contribution in [0, 0.1) is 6.92 Å². The molecule has 0 heterocycles. The lowest BCUT2D eigenvalue weighted by Crippen LogP contribution is -2.30. The van der Waals surface area contributed by atoms with Crippen LogP contribution in [0.3, 0.4) is 0 Å². The molecule has 0 aliphatic heterocycles. The van der Waals surface area contributed by atoms with E-state index in [1.165, 1.54) is 5.56 Å². The second-order valence-corrected chi connectivity index (χ2v) is 6.55. The zero-order chi connectivity index (χ0) is 17.5. The Labute approximate surface area is 156 Å². The zero-order valence-electron chi connectivity index (χ0n) is 14.0. The van der Waals surface area contributed by atoms with Crippen LogP contribution < -0.4 is 20.1 Å². The smallest absolute Gasteiger partial charge is 0.170 e. The number of anilines is 1. The fraction of sp³-hybridized carbons (Fsp3) is 0.278. The summed E-state index contributed by atoms with van der Waals surface area (Å²) in [5.41, 5.74) is 3.30. The van der Waals surface area contributed by atoms with E-state index in [1.807, 2.05) is 43.3 Å². The van der Waals surface area contributed by atoms with Crippen molar-refractivity contribution in [3.05, 3.63) is 52.0 Å². The average Bonchev–Trinajstić information content (AvgIpc) is 2.58. The SMILES string of the molecule is COc1ccc(CCNC(=S)Nc2ccc(C)c(Br)c2)cc1OC. The van der Waals surface area contributed by atoms with Gasteiger partial charge in [-0.15, -0.1) is 0 Å². The summed E-state index contributed by atoms with van der Waals surface area (Å²) in [6, 6.07) is 12.0. The summed E-state index contributed by atoms with van der Waals surface area (Å²) in [6.45, 7) is 2.78. The van der Waals surface area contributed by atoms with Gasteiger partial charge in [-0.3, -0.25) is 0 Å². The highest BCUT2D eigenvalue weighted by Crippen LogP contribution is 2.27. The fourth-order valence-corrected chi connectivity index (χ4v) is 2.80. The van der Waals surface area contributed by atoms with Gasteiger partial charge in [-0.2, -0.15) is 0 Å². The van der Waals surface area contributed by atoms with Crippen molar-refractivity contribution in [1.29, 1.82) is 0 Å². The van der Waals surface area contributed by atoms with Gasteiger partial charge < -0.3 is 20.1 Å². The molecule has 4 nitrogen and oxygen atoms in total. The maximum Gasteiger partial charge on any atom is 0.170 e. The minimum absolute atomic E-state index is 0.603. The van der Waals surface area contributed by atoms with Crippen LogP contribution in [-0.2, 0) is 6.42 Å². The van der Waals surface area contributed by atoms with Crippen LogP contribution >= 0.6 is 28.1 Å². The number of nitrogens with one attached hydrogen (secondary N) is 2. The van der Waals surface area contributed by atoms with Crippen LogP contribution in [0.2, 0.25) is 0 Å². The Hall–Kier alpha value is -1.79. The zero-order valence-corrected chi connectivity index (χ0v) is 16.4. The summed E-state index contributed by atoms with van der Waals surface area (Å²) in [5, 5.41) is 7.00. The summed E-state index contributed by atoms with van der Waals surface area (Å²) in [5.74, 6) is 1.47. The standard InChI is InChI=1S/C18H21BrN2O2S/c1-12-4-6-14(11-15(12)19)21-18(24)20-9-8-13-5-7-16(22-2)17(10-13)23-3/h4-7,10-11H,8-9H2,1-3H3,(H2,20,21,24). The highest BCUT2D eigenvalue weighted by molar-refractivity contribution is 9.10. The third-order valence-corrected chi connectivity index (χ3v) is 4.68. The van der Waals surface area contributed by atoms with E-state index in [2.05, 4.69) is 26.6 Å². The number of hydrogen-bond acceptors (Lipinski definition) is 3. The Kier molecular flexibility index (Phi) is 6.87.